The smallest absolute Gasteiger partial charge is 0.233 e. The van der Waals surface area contributed by atoms with Crippen LogP contribution in [0.15, 0.2) is 24.3 Å². The van der Waals surface area contributed by atoms with Crippen LogP contribution in [0.1, 0.15) is 21.5 Å². The van der Waals surface area contributed by atoms with E-state index < -0.39 is 11.6 Å². The summed E-state index contributed by atoms with van der Waals surface area (Å²) in [7, 11) is 0. The SMILES string of the molecule is Cc1ccc2c(c1)C(O)=CC(=O)C2=O. The van der Waals surface area contributed by atoms with Crippen molar-refractivity contribution in [2.24, 2.45) is 0 Å². The summed E-state index contributed by atoms with van der Waals surface area (Å²) >= 11 is 0. The van der Waals surface area contributed by atoms with Gasteiger partial charge < -0.3 is 5.11 Å². The largest absolute Gasteiger partial charge is 0.507 e. The first-order chi connectivity index (χ1) is 6.59. The Labute approximate surface area is 80.7 Å². The number of hydrogen-bond acceptors (Lipinski definition) is 3. The lowest BCUT2D eigenvalue weighted by molar-refractivity contribution is -0.111. The highest BCUT2D eigenvalue weighted by Gasteiger charge is 2.25. The maximum absolute atomic E-state index is 11.4. The number of rotatable bonds is 0. The van der Waals surface area contributed by atoms with Crippen molar-refractivity contribution in [3.05, 3.63) is 41.0 Å². The molecule has 70 valence electrons. The van der Waals surface area contributed by atoms with Crippen LogP contribution in [-0.2, 0) is 4.79 Å². The average Bonchev–Trinajstić information content (AvgIpc) is 2.14. The Morgan fingerprint density at radius 3 is 2.57 bits per heavy atom. The van der Waals surface area contributed by atoms with Crippen LogP contribution in [-0.4, -0.2) is 16.7 Å². The molecule has 0 amide bonds. The van der Waals surface area contributed by atoms with Crippen molar-refractivity contribution in [3.8, 4) is 0 Å². The normalized spacial score (nSPS) is 15.1. The van der Waals surface area contributed by atoms with Crippen molar-refractivity contribution in [1.82, 2.24) is 0 Å². The first-order valence-electron chi connectivity index (χ1n) is 4.20. The summed E-state index contributed by atoms with van der Waals surface area (Å²) in [5.41, 5.74) is 1.65. The van der Waals surface area contributed by atoms with Crippen molar-refractivity contribution in [3.63, 3.8) is 0 Å². The summed E-state index contributed by atoms with van der Waals surface area (Å²) in [6.45, 7) is 1.86. The number of fused-ring (bicyclic) bond motifs is 1. The molecule has 14 heavy (non-hydrogen) atoms. The third-order valence-electron chi connectivity index (χ3n) is 2.19. The maximum Gasteiger partial charge on any atom is 0.233 e. The van der Waals surface area contributed by atoms with E-state index in [0.717, 1.165) is 11.6 Å². The van der Waals surface area contributed by atoms with Gasteiger partial charge in [0.15, 0.2) is 0 Å². The van der Waals surface area contributed by atoms with Crippen molar-refractivity contribution in [1.29, 1.82) is 0 Å². The van der Waals surface area contributed by atoms with Crippen LogP contribution >= 0.6 is 0 Å². The molecule has 2 rings (SSSR count). The molecule has 1 aromatic carbocycles. The molecule has 3 nitrogen and oxygen atoms in total. The fourth-order valence-corrected chi connectivity index (χ4v) is 1.47. The Hall–Kier alpha value is -1.90. The van der Waals surface area contributed by atoms with Crippen molar-refractivity contribution >= 4 is 17.3 Å². The van der Waals surface area contributed by atoms with Gasteiger partial charge in [0.1, 0.15) is 5.76 Å². The van der Waals surface area contributed by atoms with Gasteiger partial charge in [-0.2, -0.15) is 0 Å². The van der Waals surface area contributed by atoms with E-state index in [2.05, 4.69) is 0 Å². The maximum atomic E-state index is 11.4. The lowest BCUT2D eigenvalue weighted by Gasteiger charge is -2.11. The predicted octanol–water partition coefficient (Wildman–Crippen LogP) is 1.66. The summed E-state index contributed by atoms with van der Waals surface area (Å²) in [5, 5.41) is 9.46. The van der Waals surface area contributed by atoms with Gasteiger partial charge in [-0.1, -0.05) is 11.6 Å². The zero-order valence-corrected chi connectivity index (χ0v) is 7.57. The minimum Gasteiger partial charge on any atom is -0.507 e. The number of ketones is 2. The van der Waals surface area contributed by atoms with Crippen molar-refractivity contribution < 1.29 is 14.7 Å². The molecular weight excluding hydrogens is 180 g/mol. The van der Waals surface area contributed by atoms with Gasteiger partial charge in [-0.05, 0) is 19.1 Å². The fraction of sp³-hybridized carbons (Fsp3) is 0.0909. The molecule has 3 heteroatoms. The van der Waals surface area contributed by atoms with Gasteiger partial charge in [-0.25, -0.2) is 0 Å². The zero-order chi connectivity index (χ0) is 10.3. The average molecular weight is 188 g/mol. The number of benzene rings is 1. The van der Waals surface area contributed by atoms with E-state index in [0.29, 0.717) is 5.56 Å². The third-order valence-corrected chi connectivity index (χ3v) is 2.19. The number of aliphatic hydroxyl groups is 1. The monoisotopic (exact) mass is 188 g/mol. The Bertz CT molecular complexity index is 469. The number of carbonyl (C=O) groups is 2. The molecule has 0 saturated heterocycles. The van der Waals surface area contributed by atoms with E-state index in [1.54, 1.807) is 18.2 Å². The molecule has 0 fully saturated rings. The summed E-state index contributed by atoms with van der Waals surface area (Å²) in [6.07, 6.45) is 0.962. The van der Waals surface area contributed by atoms with Crippen LogP contribution < -0.4 is 0 Å². The highest BCUT2D eigenvalue weighted by molar-refractivity contribution is 6.50. The van der Waals surface area contributed by atoms with Gasteiger partial charge in [-0.3, -0.25) is 9.59 Å². The van der Waals surface area contributed by atoms with E-state index in [4.69, 9.17) is 0 Å². The van der Waals surface area contributed by atoms with E-state index in [1.165, 1.54) is 0 Å². The first-order valence-corrected chi connectivity index (χ1v) is 4.20. The van der Waals surface area contributed by atoms with E-state index in [9.17, 15) is 14.7 Å². The van der Waals surface area contributed by atoms with Crippen LogP contribution in [0.3, 0.4) is 0 Å². The second-order valence-electron chi connectivity index (χ2n) is 3.27. The number of Topliss-reactive ketones (excluding diaryl/α,β-unsaturated/α-hetero) is 1. The molecular formula is C11H8O3. The Kier molecular flexibility index (Phi) is 1.74. The van der Waals surface area contributed by atoms with Gasteiger partial charge >= 0.3 is 0 Å². The molecule has 1 aliphatic rings. The Morgan fingerprint density at radius 2 is 1.86 bits per heavy atom. The Morgan fingerprint density at radius 1 is 1.14 bits per heavy atom. The molecule has 1 aliphatic carbocycles. The summed E-state index contributed by atoms with van der Waals surface area (Å²) in [4.78, 5) is 22.4. The summed E-state index contributed by atoms with van der Waals surface area (Å²) in [5.74, 6) is -1.36. The minimum atomic E-state index is -0.668. The molecule has 0 atom stereocenters. The van der Waals surface area contributed by atoms with Crippen molar-refractivity contribution in [2.45, 2.75) is 6.92 Å². The molecule has 1 N–H and O–H groups in total. The van der Waals surface area contributed by atoms with E-state index >= 15 is 0 Å². The number of aryl methyl sites for hydroxylation is 1. The number of allylic oxidation sites excluding steroid dienone is 1. The highest BCUT2D eigenvalue weighted by atomic mass is 16.3. The number of aliphatic hydroxyl groups excluding tert-OH is 1. The number of hydrogen-bond donors (Lipinski definition) is 1. The molecule has 0 unspecified atom stereocenters. The van der Waals surface area contributed by atoms with Crippen LogP contribution in [0, 0.1) is 6.92 Å². The lowest BCUT2D eigenvalue weighted by Crippen LogP contribution is -2.18. The second kappa shape index (κ2) is 2.80. The van der Waals surface area contributed by atoms with Gasteiger partial charge in [0.2, 0.25) is 11.6 Å². The quantitative estimate of drug-likeness (QED) is 0.630. The third kappa shape index (κ3) is 1.14. The summed E-state index contributed by atoms with van der Waals surface area (Å²) < 4.78 is 0. The molecule has 0 saturated carbocycles. The fourth-order valence-electron chi connectivity index (χ4n) is 1.47. The standard InChI is InChI=1S/C11H8O3/c1-6-2-3-7-8(4-6)9(12)5-10(13)11(7)14/h2-5,12H,1H3. The lowest BCUT2D eigenvalue weighted by atomic mass is 9.93. The molecule has 0 bridgehead atoms. The number of carbonyl (C=O) groups excluding carboxylic acids is 2. The van der Waals surface area contributed by atoms with Gasteiger partial charge in [0, 0.05) is 17.2 Å². The zero-order valence-electron chi connectivity index (χ0n) is 7.57. The second-order valence-corrected chi connectivity index (χ2v) is 3.27. The van der Waals surface area contributed by atoms with Crippen LogP contribution in [0.2, 0.25) is 0 Å². The highest BCUT2D eigenvalue weighted by Crippen LogP contribution is 2.23. The van der Waals surface area contributed by atoms with E-state index in [-0.39, 0.29) is 11.3 Å². The first kappa shape index (κ1) is 8.69. The van der Waals surface area contributed by atoms with E-state index in [1.807, 2.05) is 6.92 Å². The molecule has 0 aliphatic heterocycles. The molecule has 1 aromatic rings. The molecule has 0 aromatic heterocycles. The van der Waals surface area contributed by atoms with Gasteiger partial charge in [-0.15, -0.1) is 0 Å². The molecule has 0 heterocycles. The van der Waals surface area contributed by atoms with Crippen LogP contribution in [0.5, 0.6) is 0 Å². The molecule has 0 spiro atoms. The van der Waals surface area contributed by atoms with Gasteiger partial charge in [0.05, 0.1) is 0 Å². The van der Waals surface area contributed by atoms with Gasteiger partial charge in [0.25, 0.3) is 0 Å². The predicted molar refractivity (Wildman–Crippen MR) is 51.1 cm³/mol. The Balaban J connectivity index is 2.72. The topological polar surface area (TPSA) is 54.4 Å². The molecule has 0 radical (unpaired) electrons. The van der Waals surface area contributed by atoms with Crippen LogP contribution in [0.4, 0.5) is 0 Å². The minimum absolute atomic E-state index is 0.131. The van der Waals surface area contributed by atoms with Crippen molar-refractivity contribution in [2.75, 3.05) is 0 Å². The van der Waals surface area contributed by atoms with Crippen LogP contribution in [0.25, 0.3) is 5.76 Å². The summed E-state index contributed by atoms with van der Waals surface area (Å²) in [6, 6.07) is 4.99.